The predicted molar refractivity (Wildman–Crippen MR) is 122 cm³/mol. The smallest absolute Gasteiger partial charge is 0.234 e. The van der Waals surface area contributed by atoms with Crippen molar-refractivity contribution in [2.24, 2.45) is 0 Å². The molecule has 2 N–H and O–H groups in total. The van der Waals surface area contributed by atoms with Crippen molar-refractivity contribution >= 4 is 16.9 Å². The summed E-state index contributed by atoms with van der Waals surface area (Å²) in [4.78, 5) is 26.5. The Balaban J connectivity index is 1.67. The van der Waals surface area contributed by atoms with E-state index in [2.05, 4.69) is 5.32 Å². The second-order valence-electron chi connectivity index (χ2n) is 7.74. The van der Waals surface area contributed by atoms with Gasteiger partial charge in [-0.05, 0) is 25.1 Å². The highest BCUT2D eigenvalue weighted by Gasteiger charge is 2.20. The van der Waals surface area contributed by atoms with Crippen LogP contribution in [0.1, 0.15) is 5.56 Å². The number of ether oxygens (including phenoxy) is 3. The Kier molecular flexibility index (Phi) is 6.41. The largest absolute Gasteiger partial charge is 0.504 e. The van der Waals surface area contributed by atoms with Crippen molar-refractivity contribution in [3.63, 3.8) is 0 Å². The van der Waals surface area contributed by atoms with Crippen LogP contribution in [0.2, 0.25) is 0 Å². The van der Waals surface area contributed by atoms with Crippen LogP contribution in [0.25, 0.3) is 22.3 Å². The van der Waals surface area contributed by atoms with E-state index in [1.165, 1.54) is 26.4 Å². The number of piperazine rings is 1. The number of aromatic hydroxyl groups is 1. The molecule has 1 aliphatic heterocycles. The molecule has 4 rings (SSSR count). The van der Waals surface area contributed by atoms with Crippen molar-refractivity contribution < 1.29 is 28.5 Å². The maximum absolute atomic E-state index is 13.0. The lowest BCUT2D eigenvalue weighted by molar-refractivity contribution is -0.124. The molecule has 9 heteroatoms. The summed E-state index contributed by atoms with van der Waals surface area (Å²) in [6, 6.07) is 7.77. The Labute approximate surface area is 190 Å². The molecule has 9 nitrogen and oxygen atoms in total. The molecule has 0 spiro atoms. The van der Waals surface area contributed by atoms with E-state index in [-0.39, 0.29) is 22.8 Å². The number of methoxy groups -OCH3 is 2. The van der Waals surface area contributed by atoms with Crippen molar-refractivity contribution in [1.29, 1.82) is 0 Å². The monoisotopic (exact) mass is 454 g/mol. The second kappa shape index (κ2) is 9.41. The summed E-state index contributed by atoms with van der Waals surface area (Å²) >= 11 is 0. The Bertz CT molecular complexity index is 1250. The lowest BCUT2D eigenvalue weighted by Crippen LogP contribution is -2.48. The molecule has 2 heterocycles. The van der Waals surface area contributed by atoms with Crippen LogP contribution < -0.4 is 25.0 Å². The first-order chi connectivity index (χ1) is 15.9. The SMILES string of the molecule is COc1cc(-c2cc(=O)c3c(C)c(OC)c(OCCN4CCNC(=O)C4)cc3o2)ccc1O. The molecule has 1 amide bonds. The van der Waals surface area contributed by atoms with Crippen molar-refractivity contribution in [3.05, 3.63) is 46.1 Å². The highest BCUT2D eigenvalue weighted by molar-refractivity contribution is 5.86. The molecule has 1 fully saturated rings. The number of nitrogens with one attached hydrogen (secondary N) is 1. The average Bonchev–Trinajstić information content (AvgIpc) is 2.79. The normalized spacial score (nSPS) is 14.2. The van der Waals surface area contributed by atoms with Gasteiger partial charge in [0.05, 0.1) is 26.2 Å². The van der Waals surface area contributed by atoms with Crippen LogP contribution in [0.3, 0.4) is 0 Å². The molecular weight excluding hydrogens is 428 g/mol. The highest BCUT2D eigenvalue weighted by atomic mass is 16.5. The van der Waals surface area contributed by atoms with Crippen LogP contribution in [-0.4, -0.2) is 62.9 Å². The van der Waals surface area contributed by atoms with Gasteiger partial charge in [0.25, 0.3) is 0 Å². The van der Waals surface area contributed by atoms with Crippen LogP contribution in [0.5, 0.6) is 23.0 Å². The van der Waals surface area contributed by atoms with Gasteiger partial charge in [-0.1, -0.05) is 0 Å². The Morgan fingerprint density at radius 1 is 1.12 bits per heavy atom. The predicted octanol–water partition coefficient (Wildman–Crippen LogP) is 2.30. The molecule has 2 aromatic carbocycles. The van der Waals surface area contributed by atoms with Gasteiger partial charge in [-0.2, -0.15) is 0 Å². The third-order valence-electron chi connectivity index (χ3n) is 5.63. The summed E-state index contributed by atoms with van der Waals surface area (Å²) in [6.07, 6.45) is 0. The zero-order valence-corrected chi connectivity index (χ0v) is 18.8. The standard InChI is InChI=1S/C24H26N2O7/c1-14-23-17(28)11-18(15-4-5-16(27)19(10-15)30-2)33-20(23)12-21(24(14)31-3)32-9-8-26-7-6-25-22(29)13-26/h4-5,10-12,27H,6-9,13H2,1-3H3,(H,25,29). The number of benzene rings is 2. The van der Waals surface area contributed by atoms with E-state index >= 15 is 0 Å². The van der Waals surface area contributed by atoms with Crippen LogP contribution in [0.4, 0.5) is 0 Å². The Hall–Kier alpha value is -3.72. The van der Waals surface area contributed by atoms with Gasteiger partial charge in [0, 0.05) is 42.9 Å². The number of carbonyl (C=O) groups excluding carboxylic acids is 1. The first-order valence-electron chi connectivity index (χ1n) is 10.6. The summed E-state index contributed by atoms with van der Waals surface area (Å²) in [7, 11) is 2.97. The molecule has 0 saturated carbocycles. The minimum absolute atomic E-state index is 0.000506. The molecule has 1 saturated heterocycles. The van der Waals surface area contributed by atoms with Crippen molar-refractivity contribution in [2.75, 3.05) is 47.0 Å². The third kappa shape index (κ3) is 4.58. The topological polar surface area (TPSA) is 110 Å². The Morgan fingerprint density at radius 3 is 2.67 bits per heavy atom. The summed E-state index contributed by atoms with van der Waals surface area (Å²) in [5.74, 6) is 1.52. The fourth-order valence-corrected chi connectivity index (χ4v) is 3.97. The molecule has 3 aromatic rings. The number of amides is 1. The zero-order chi connectivity index (χ0) is 23.5. The van der Waals surface area contributed by atoms with Crippen LogP contribution >= 0.6 is 0 Å². The van der Waals surface area contributed by atoms with Gasteiger partial charge in [0.2, 0.25) is 5.91 Å². The van der Waals surface area contributed by atoms with Gasteiger partial charge in [-0.3, -0.25) is 14.5 Å². The van der Waals surface area contributed by atoms with Gasteiger partial charge in [0.1, 0.15) is 18.0 Å². The molecule has 0 aliphatic carbocycles. The number of fused-ring (bicyclic) bond motifs is 1. The first-order valence-corrected chi connectivity index (χ1v) is 10.6. The van der Waals surface area contributed by atoms with Crippen LogP contribution in [0, 0.1) is 6.92 Å². The van der Waals surface area contributed by atoms with E-state index in [0.717, 1.165) is 6.54 Å². The average molecular weight is 454 g/mol. The highest BCUT2D eigenvalue weighted by Crippen LogP contribution is 2.38. The maximum Gasteiger partial charge on any atom is 0.234 e. The molecule has 0 unspecified atom stereocenters. The number of hydrogen-bond donors (Lipinski definition) is 2. The number of phenols is 1. The summed E-state index contributed by atoms with van der Waals surface area (Å²) in [5.41, 5.74) is 1.34. The third-order valence-corrected chi connectivity index (χ3v) is 5.63. The number of aryl methyl sites for hydroxylation is 1. The quantitative estimate of drug-likeness (QED) is 0.560. The molecule has 33 heavy (non-hydrogen) atoms. The number of hydrogen-bond acceptors (Lipinski definition) is 8. The van der Waals surface area contributed by atoms with Gasteiger partial charge < -0.3 is 29.1 Å². The molecule has 174 valence electrons. The van der Waals surface area contributed by atoms with E-state index in [0.29, 0.717) is 65.6 Å². The van der Waals surface area contributed by atoms with Crippen LogP contribution in [0.15, 0.2) is 39.5 Å². The summed E-state index contributed by atoms with van der Waals surface area (Å²) in [6.45, 7) is 4.41. The van der Waals surface area contributed by atoms with E-state index in [1.54, 1.807) is 25.1 Å². The molecule has 1 aromatic heterocycles. The first kappa shape index (κ1) is 22.5. The van der Waals surface area contributed by atoms with Crippen molar-refractivity contribution in [2.45, 2.75) is 6.92 Å². The minimum Gasteiger partial charge on any atom is -0.504 e. The molecule has 0 atom stereocenters. The fourth-order valence-electron chi connectivity index (χ4n) is 3.97. The summed E-state index contributed by atoms with van der Waals surface area (Å²) in [5, 5.41) is 13.1. The van der Waals surface area contributed by atoms with Crippen molar-refractivity contribution in [1.82, 2.24) is 10.2 Å². The van der Waals surface area contributed by atoms with Gasteiger partial charge in [-0.25, -0.2) is 0 Å². The maximum atomic E-state index is 13.0. The lowest BCUT2D eigenvalue weighted by atomic mass is 10.1. The molecular formula is C24H26N2O7. The van der Waals surface area contributed by atoms with Crippen LogP contribution in [-0.2, 0) is 4.79 Å². The van der Waals surface area contributed by atoms with E-state index in [9.17, 15) is 14.7 Å². The number of rotatable bonds is 7. The number of carbonyl (C=O) groups is 1. The van der Waals surface area contributed by atoms with Crippen molar-refractivity contribution in [3.8, 4) is 34.3 Å². The zero-order valence-electron chi connectivity index (χ0n) is 18.8. The van der Waals surface area contributed by atoms with Gasteiger partial charge in [0.15, 0.2) is 28.4 Å². The lowest BCUT2D eigenvalue weighted by Gasteiger charge is -2.26. The Morgan fingerprint density at radius 2 is 1.94 bits per heavy atom. The minimum atomic E-state index is -0.222. The molecule has 0 bridgehead atoms. The van der Waals surface area contributed by atoms with Gasteiger partial charge in [-0.15, -0.1) is 0 Å². The van der Waals surface area contributed by atoms with E-state index in [1.807, 2.05) is 4.90 Å². The van der Waals surface area contributed by atoms with E-state index < -0.39 is 0 Å². The number of phenolic OH excluding ortho intramolecular Hbond substituents is 1. The number of nitrogens with zero attached hydrogens (tertiary/aromatic N) is 1. The van der Waals surface area contributed by atoms with E-state index in [4.69, 9.17) is 18.6 Å². The molecule has 0 radical (unpaired) electrons. The second-order valence-corrected chi connectivity index (χ2v) is 7.74. The molecule has 1 aliphatic rings. The summed E-state index contributed by atoms with van der Waals surface area (Å²) < 4.78 is 22.7. The van der Waals surface area contributed by atoms with Gasteiger partial charge >= 0.3 is 0 Å². The fraction of sp³-hybridized carbons (Fsp3) is 0.333.